The molecule has 2 aliphatic rings. The first kappa shape index (κ1) is 17.1. The predicted octanol–water partition coefficient (Wildman–Crippen LogP) is 2.34. The van der Waals surface area contributed by atoms with Crippen molar-refractivity contribution >= 4 is 5.91 Å². The lowest BCUT2D eigenvalue weighted by Gasteiger charge is -2.47. The van der Waals surface area contributed by atoms with Crippen LogP contribution in [0.5, 0.6) is 0 Å². The van der Waals surface area contributed by atoms with Crippen LogP contribution in [-0.4, -0.2) is 59.1 Å². The Morgan fingerprint density at radius 1 is 1.19 bits per heavy atom. The lowest BCUT2D eigenvalue weighted by atomic mass is 9.97. The number of morpholine rings is 1. The summed E-state index contributed by atoms with van der Waals surface area (Å²) in [4.78, 5) is 21.0. The number of pyridine rings is 1. The van der Waals surface area contributed by atoms with Crippen molar-refractivity contribution in [2.75, 3.05) is 26.2 Å². The van der Waals surface area contributed by atoms with Gasteiger partial charge >= 0.3 is 0 Å². The minimum atomic E-state index is -0.465. The highest BCUT2D eigenvalue weighted by Gasteiger charge is 2.38. The predicted molar refractivity (Wildman–Crippen MR) is 95.1 cm³/mol. The van der Waals surface area contributed by atoms with Gasteiger partial charge in [-0.15, -0.1) is 0 Å². The van der Waals surface area contributed by atoms with Crippen LogP contribution in [0.2, 0.25) is 0 Å². The van der Waals surface area contributed by atoms with Crippen molar-refractivity contribution in [3.05, 3.63) is 65.7 Å². The topological polar surface area (TPSA) is 45.7 Å². The maximum absolute atomic E-state index is 14.0. The molecule has 2 aliphatic heterocycles. The van der Waals surface area contributed by atoms with E-state index in [0.29, 0.717) is 19.7 Å². The summed E-state index contributed by atoms with van der Waals surface area (Å²) in [6.45, 7) is 3.48. The second-order valence-electron chi connectivity index (χ2n) is 6.82. The molecule has 4 rings (SSSR count). The molecule has 0 saturated carbocycles. The van der Waals surface area contributed by atoms with Crippen molar-refractivity contribution in [1.29, 1.82) is 0 Å². The van der Waals surface area contributed by atoms with E-state index < -0.39 is 5.82 Å². The molecule has 0 aliphatic carbocycles. The van der Waals surface area contributed by atoms with Crippen molar-refractivity contribution in [2.24, 2.45) is 0 Å². The molecule has 2 aromatic rings. The van der Waals surface area contributed by atoms with Gasteiger partial charge in [0.15, 0.2) is 0 Å². The molecule has 1 aromatic heterocycles. The Balaban J connectivity index is 1.50. The van der Waals surface area contributed by atoms with E-state index in [9.17, 15) is 9.18 Å². The molecule has 2 fully saturated rings. The average Bonchev–Trinajstić information content (AvgIpc) is 2.69. The van der Waals surface area contributed by atoms with Crippen LogP contribution in [0.4, 0.5) is 4.39 Å². The van der Waals surface area contributed by atoms with Gasteiger partial charge in [-0.25, -0.2) is 4.39 Å². The summed E-state index contributed by atoms with van der Waals surface area (Å²) >= 11 is 0. The summed E-state index contributed by atoms with van der Waals surface area (Å²) in [6.07, 6.45) is 4.48. The van der Waals surface area contributed by atoms with E-state index in [2.05, 4.69) is 9.88 Å². The summed E-state index contributed by atoms with van der Waals surface area (Å²) in [7, 11) is 0. The molecule has 5 nitrogen and oxygen atoms in total. The zero-order valence-corrected chi connectivity index (χ0v) is 14.6. The van der Waals surface area contributed by atoms with E-state index in [-0.39, 0.29) is 23.6 Å². The normalized spacial score (nSPS) is 23.5. The van der Waals surface area contributed by atoms with Crippen LogP contribution >= 0.6 is 0 Å². The maximum atomic E-state index is 14.0. The molecule has 0 unspecified atom stereocenters. The average molecular weight is 355 g/mol. The molecule has 6 heteroatoms. The smallest absolute Gasteiger partial charge is 0.256 e. The second-order valence-corrected chi connectivity index (χ2v) is 6.82. The number of carbonyl (C=O) groups excluding carboxylic acids is 1. The quantitative estimate of drug-likeness (QED) is 0.848. The van der Waals surface area contributed by atoms with Gasteiger partial charge in [-0.3, -0.25) is 14.7 Å². The van der Waals surface area contributed by atoms with E-state index >= 15 is 0 Å². The van der Waals surface area contributed by atoms with Crippen molar-refractivity contribution in [2.45, 2.75) is 25.1 Å². The zero-order valence-electron chi connectivity index (χ0n) is 14.6. The molecule has 2 atom stereocenters. The lowest BCUT2D eigenvalue weighted by molar-refractivity contribution is -0.101. The first-order valence-corrected chi connectivity index (χ1v) is 9.01. The van der Waals surface area contributed by atoms with E-state index in [1.807, 2.05) is 12.1 Å². The third kappa shape index (κ3) is 3.48. The van der Waals surface area contributed by atoms with Crippen LogP contribution in [0, 0.1) is 5.82 Å². The van der Waals surface area contributed by atoms with Gasteiger partial charge in [0.1, 0.15) is 5.82 Å². The number of piperidine rings is 1. The number of hydrogen-bond donors (Lipinski definition) is 0. The van der Waals surface area contributed by atoms with Crippen LogP contribution in [-0.2, 0) is 11.3 Å². The van der Waals surface area contributed by atoms with Gasteiger partial charge in [0.25, 0.3) is 5.91 Å². The Bertz CT molecular complexity index is 771. The van der Waals surface area contributed by atoms with Crippen molar-refractivity contribution in [1.82, 2.24) is 14.8 Å². The van der Waals surface area contributed by atoms with Crippen LogP contribution in [0.25, 0.3) is 0 Å². The molecule has 26 heavy (non-hydrogen) atoms. The number of ether oxygens (including phenoxy) is 1. The number of nitrogens with zero attached hydrogens (tertiary/aromatic N) is 3. The second kappa shape index (κ2) is 7.51. The molecule has 0 bridgehead atoms. The molecular formula is C20H22FN3O2. The number of carbonyl (C=O) groups is 1. The Morgan fingerprint density at radius 3 is 2.81 bits per heavy atom. The van der Waals surface area contributed by atoms with Crippen LogP contribution in [0.1, 0.15) is 22.3 Å². The lowest BCUT2D eigenvalue weighted by Crippen LogP contribution is -2.60. The SMILES string of the molecule is O=C(c1ccccc1F)N1CC[C@@H]2OCCN(Cc3ccncc3)[C@H]2C1. The number of likely N-dealkylation sites (tertiary alicyclic amines) is 1. The van der Waals surface area contributed by atoms with E-state index in [0.717, 1.165) is 19.5 Å². The number of hydrogen-bond acceptors (Lipinski definition) is 4. The standard InChI is InChI=1S/C20H22FN3O2/c21-17-4-2-1-3-16(17)20(25)24-10-7-19-18(14-24)23(11-12-26-19)13-15-5-8-22-9-6-15/h1-6,8-9,18-19H,7,10-14H2/t18-,19-/m0/s1. The molecule has 0 radical (unpaired) electrons. The molecule has 0 N–H and O–H groups in total. The third-order valence-electron chi connectivity index (χ3n) is 5.23. The number of amides is 1. The summed E-state index contributed by atoms with van der Waals surface area (Å²) in [5, 5.41) is 0. The molecule has 1 aromatic carbocycles. The fraction of sp³-hybridized carbons (Fsp3) is 0.400. The Kier molecular flexibility index (Phi) is 4.95. The van der Waals surface area contributed by atoms with Gasteiger partial charge in [0, 0.05) is 38.6 Å². The highest BCUT2D eigenvalue weighted by Crippen LogP contribution is 2.26. The fourth-order valence-corrected chi connectivity index (χ4v) is 3.85. The van der Waals surface area contributed by atoms with Crippen LogP contribution < -0.4 is 0 Å². The van der Waals surface area contributed by atoms with Gasteiger partial charge in [-0.1, -0.05) is 12.1 Å². The largest absolute Gasteiger partial charge is 0.375 e. The van der Waals surface area contributed by atoms with Gasteiger partial charge in [0.05, 0.1) is 24.3 Å². The monoisotopic (exact) mass is 355 g/mol. The summed E-state index contributed by atoms with van der Waals surface area (Å²) in [5.74, 6) is -0.704. The Morgan fingerprint density at radius 2 is 2.00 bits per heavy atom. The number of aromatic nitrogens is 1. The Labute approximate surface area is 152 Å². The minimum Gasteiger partial charge on any atom is -0.375 e. The molecule has 0 spiro atoms. The van der Waals surface area contributed by atoms with Crippen molar-refractivity contribution < 1.29 is 13.9 Å². The molecule has 2 saturated heterocycles. The third-order valence-corrected chi connectivity index (χ3v) is 5.23. The molecule has 136 valence electrons. The van der Waals surface area contributed by atoms with Crippen LogP contribution in [0.15, 0.2) is 48.8 Å². The number of benzene rings is 1. The first-order chi connectivity index (χ1) is 12.7. The number of fused-ring (bicyclic) bond motifs is 1. The molecule has 3 heterocycles. The summed E-state index contributed by atoms with van der Waals surface area (Å²) < 4.78 is 19.9. The van der Waals surface area contributed by atoms with Gasteiger partial charge in [-0.2, -0.15) is 0 Å². The highest BCUT2D eigenvalue weighted by molar-refractivity contribution is 5.94. The zero-order chi connectivity index (χ0) is 17.9. The Hall–Kier alpha value is -2.31. The van der Waals surface area contributed by atoms with Crippen molar-refractivity contribution in [3.63, 3.8) is 0 Å². The van der Waals surface area contributed by atoms with Gasteiger partial charge in [0.2, 0.25) is 0 Å². The van der Waals surface area contributed by atoms with E-state index in [1.165, 1.54) is 11.6 Å². The van der Waals surface area contributed by atoms with E-state index in [1.54, 1.807) is 35.5 Å². The van der Waals surface area contributed by atoms with E-state index in [4.69, 9.17) is 4.74 Å². The fourth-order valence-electron chi connectivity index (χ4n) is 3.85. The highest BCUT2D eigenvalue weighted by atomic mass is 19.1. The van der Waals surface area contributed by atoms with Gasteiger partial charge in [-0.05, 0) is 36.2 Å². The maximum Gasteiger partial charge on any atom is 0.256 e. The summed E-state index contributed by atoms with van der Waals surface area (Å²) in [5.41, 5.74) is 1.33. The summed E-state index contributed by atoms with van der Waals surface area (Å²) in [6, 6.07) is 10.3. The molecule has 1 amide bonds. The first-order valence-electron chi connectivity index (χ1n) is 9.01. The van der Waals surface area contributed by atoms with Gasteiger partial charge < -0.3 is 9.64 Å². The minimum absolute atomic E-state index is 0.121. The van der Waals surface area contributed by atoms with Crippen molar-refractivity contribution in [3.8, 4) is 0 Å². The number of halogens is 1. The molecular weight excluding hydrogens is 333 g/mol. The van der Waals surface area contributed by atoms with Crippen LogP contribution in [0.3, 0.4) is 0 Å². The number of rotatable bonds is 3.